The van der Waals surface area contributed by atoms with Gasteiger partial charge in [0.15, 0.2) is 5.75 Å². The van der Waals surface area contributed by atoms with Gasteiger partial charge in [0.2, 0.25) is 0 Å². The zero-order valence-corrected chi connectivity index (χ0v) is 11.2. The zero-order chi connectivity index (χ0) is 13.1. The second-order valence-electron chi connectivity index (χ2n) is 3.44. The van der Waals surface area contributed by atoms with Gasteiger partial charge in [-0.1, -0.05) is 34.8 Å². The van der Waals surface area contributed by atoms with E-state index in [4.69, 9.17) is 44.7 Å². The highest BCUT2D eigenvalue weighted by molar-refractivity contribution is 6.40. The standard InChI is InChI=1S/C12H8Cl3NO2/c13-7-5-10(14)12(11(15)6-7)18-9-3-1-8(16-17)2-4-9/h1-6,16-17H. The molecule has 2 rings (SSSR count). The van der Waals surface area contributed by atoms with Crippen LogP contribution in [0.15, 0.2) is 36.4 Å². The third-order valence-electron chi connectivity index (χ3n) is 2.17. The van der Waals surface area contributed by atoms with E-state index < -0.39 is 0 Å². The minimum Gasteiger partial charge on any atom is -0.454 e. The van der Waals surface area contributed by atoms with E-state index in [1.807, 2.05) is 5.48 Å². The van der Waals surface area contributed by atoms with Crippen molar-refractivity contribution in [2.45, 2.75) is 0 Å². The molecular formula is C12H8Cl3NO2. The van der Waals surface area contributed by atoms with Crippen LogP contribution < -0.4 is 10.2 Å². The maximum Gasteiger partial charge on any atom is 0.164 e. The molecule has 0 aromatic heterocycles. The maximum absolute atomic E-state index is 8.69. The van der Waals surface area contributed by atoms with Gasteiger partial charge in [-0.25, -0.2) is 0 Å². The fourth-order valence-corrected chi connectivity index (χ4v) is 2.24. The Morgan fingerprint density at radius 1 is 0.944 bits per heavy atom. The van der Waals surface area contributed by atoms with Crippen molar-refractivity contribution in [1.29, 1.82) is 0 Å². The van der Waals surface area contributed by atoms with E-state index in [1.165, 1.54) is 0 Å². The van der Waals surface area contributed by atoms with Crippen LogP contribution in [-0.2, 0) is 0 Å². The largest absolute Gasteiger partial charge is 0.454 e. The van der Waals surface area contributed by atoms with Crippen LogP contribution in [-0.4, -0.2) is 5.21 Å². The van der Waals surface area contributed by atoms with Crippen LogP contribution in [0.25, 0.3) is 0 Å². The van der Waals surface area contributed by atoms with Crippen molar-refractivity contribution >= 4 is 40.5 Å². The van der Waals surface area contributed by atoms with E-state index in [0.717, 1.165) is 0 Å². The van der Waals surface area contributed by atoms with Crippen molar-refractivity contribution in [3.63, 3.8) is 0 Å². The molecule has 0 atom stereocenters. The minimum absolute atomic E-state index is 0.330. The third-order valence-corrected chi connectivity index (χ3v) is 2.95. The summed E-state index contributed by atoms with van der Waals surface area (Å²) in [5, 5.41) is 9.79. The van der Waals surface area contributed by atoms with E-state index in [1.54, 1.807) is 36.4 Å². The van der Waals surface area contributed by atoms with Crippen LogP contribution in [0.3, 0.4) is 0 Å². The van der Waals surface area contributed by atoms with Crippen LogP contribution in [0, 0.1) is 0 Å². The molecule has 94 valence electrons. The summed E-state index contributed by atoms with van der Waals surface area (Å²) in [6.45, 7) is 0. The summed E-state index contributed by atoms with van der Waals surface area (Å²) < 4.78 is 5.56. The van der Waals surface area contributed by atoms with Gasteiger partial charge in [0.1, 0.15) is 5.75 Å². The first-order valence-corrected chi connectivity index (χ1v) is 6.06. The van der Waals surface area contributed by atoms with Gasteiger partial charge in [0.25, 0.3) is 0 Å². The lowest BCUT2D eigenvalue weighted by atomic mass is 10.3. The molecule has 0 amide bonds. The Balaban J connectivity index is 2.28. The maximum atomic E-state index is 8.69. The smallest absolute Gasteiger partial charge is 0.164 e. The van der Waals surface area contributed by atoms with Gasteiger partial charge >= 0.3 is 0 Å². The lowest BCUT2D eigenvalue weighted by Gasteiger charge is -2.10. The quantitative estimate of drug-likeness (QED) is 0.762. The third kappa shape index (κ3) is 3.00. The van der Waals surface area contributed by atoms with Crippen LogP contribution in [0.1, 0.15) is 0 Å². The fourth-order valence-electron chi connectivity index (χ4n) is 1.34. The molecule has 3 nitrogen and oxygen atoms in total. The Hall–Kier alpha value is -1.13. The molecule has 0 aliphatic heterocycles. The summed E-state index contributed by atoms with van der Waals surface area (Å²) in [5.74, 6) is 0.882. The molecular weight excluding hydrogens is 296 g/mol. The van der Waals surface area contributed by atoms with Crippen LogP contribution in [0.4, 0.5) is 5.69 Å². The van der Waals surface area contributed by atoms with Gasteiger partial charge in [0.05, 0.1) is 15.7 Å². The highest BCUT2D eigenvalue weighted by Gasteiger charge is 2.10. The number of ether oxygens (including phenoxy) is 1. The zero-order valence-electron chi connectivity index (χ0n) is 8.95. The van der Waals surface area contributed by atoms with E-state index >= 15 is 0 Å². The van der Waals surface area contributed by atoms with E-state index in [2.05, 4.69) is 0 Å². The molecule has 0 fully saturated rings. The average molecular weight is 305 g/mol. The number of rotatable bonds is 3. The summed E-state index contributed by atoms with van der Waals surface area (Å²) in [5.41, 5.74) is 2.57. The molecule has 0 saturated heterocycles. The Labute approximate surface area is 119 Å². The number of benzene rings is 2. The monoisotopic (exact) mass is 303 g/mol. The number of hydrogen-bond donors (Lipinski definition) is 2. The normalized spacial score (nSPS) is 10.2. The molecule has 0 radical (unpaired) electrons. The van der Waals surface area contributed by atoms with Crippen LogP contribution in [0.5, 0.6) is 11.5 Å². The minimum atomic E-state index is 0.330. The Bertz CT molecular complexity index is 535. The van der Waals surface area contributed by atoms with Gasteiger partial charge in [0, 0.05) is 5.02 Å². The van der Waals surface area contributed by atoms with Gasteiger partial charge < -0.3 is 4.74 Å². The first-order chi connectivity index (χ1) is 8.60. The van der Waals surface area contributed by atoms with Crippen molar-refractivity contribution in [3.8, 4) is 11.5 Å². The first-order valence-electron chi connectivity index (χ1n) is 4.92. The molecule has 18 heavy (non-hydrogen) atoms. The second kappa shape index (κ2) is 5.67. The molecule has 2 N–H and O–H groups in total. The summed E-state index contributed by atoms with van der Waals surface area (Å²) in [6.07, 6.45) is 0. The SMILES string of the molecule is ONc1ccc(Oc2c(Cl)cc(Cl)cc2Cl)cc1. The lowest BCUT2D eigenvalue weighted by Crippen LogP contribution is -1.90. The Kier molecular flexibility index (Phi) is 4.19. The van der Waals surface area contributed by atoms with Gasteiger partial charge in [-0.2, -0.15) is 0 Å². The van der Waals surface area contributed by atoms with Gasteiger partial charge in [-0.05, 0) is 36.4 Å². The van der Waals surface area contributed by atoms with Crippen molar-refractivity contribution in [3.05, 3.63) is 51.5 Å². The lowest BCUT2D eigenvalue weighted by molar-refractivity contribution is 0.388. The number of halogens is 3. The number of hydrogen-bond acceptors (Lipinski definition) is 3. The van der Waals surface area contributed by atoms with E-state index in [0.29, 0.717) is 32.3 Å². The molecule has 0 aliphatic carbocycles. The Morgan fingerprint density at radius 3 is 2.00 bits per heavy atom. The van der Waals surface area contributed by atoms with Crippen LogP contribution >= 0.6 is 34.8 Å². The predicted octanol–water partition coefficient (Wildman–Crippen LogP) is 5.24. The highest BCUT2D eigenvalue weighted by Crippen LogP contribution is 2.38. The first kappa shape index (κ1) is 13.3. The molecule has 2 aromatic carbocycles. The molecule has 0 aliphatic rings. The molecule has 0 spiro atoms. The number of nitrogens with one attached hydrogen (secondary N) is 1. The summed E-state index contributed by atoms with van der Waals surface area (Å²) in [4.78, 5) is 0. The molecule has 0 bridgehead atoms. The van der Waals surface area contributed by atoms with Crippen molar-refractivity contribution in [2.75, 3.05) is 5.48 Å². The summed E-state index contributed by atoms with van der Waals surface area (Å²) in [7, 11) is 0. The van der Waals surface area contributed by atoms with Crippen molar-refractivity contribution < 1.29 is 9.94 Å². The van der Waals surface area contributed by atoms with Crippen molar-refractivity contribution in [2.24, 2.45) is 0 Å². The summed E-state index contributed by atoms with van der Waals surface area (Å²) >= 11 is 17.8. The van der Waals surface area contributed by atoms with Crippen molar-refractivity contribution in [1.82, 2.24) is 0 Å². The number of anilines is 1. The molecule has 0 saturated carbocycles. The average Bonchev–Trinajstić information content (AvgIpc) is 2.34. The predicted molar refractivity (Wildman–Crippen MR) is 73.4 cm³/mol. The second-order valence-corrected chi connectivity index (χ2v) is 4.69. The van der Waals surface area contributed by atoms with E-state index in [-0.39, 0.29) is 0 Å². The molecule has 0 unspecified atom stereocenters. The van der Waals surface area contributed by atoms with Crippen LogP contribution in [0.2, 0.25) is 15.1 Å². The summed E-state index contributed by atoms with van der Waals surface area (Å²) in [6, 6.07) is 9.72. The van der Waals surface area contributed by atoms with Gasteiger partial charge in [-0.3, -0.25) is 10.7 Å². The Morgan fingerprint density at radius 2 is 1.50 bits per heavy atom. The molecule has 2 aromatic rings. The fraction of sp³-hybridized carbons (Fsp3) is 0. The topological polar surface area (TPSA) is 41.5 Å². The highest BCUT2D eigenvalue weighted by atomic mass is 35.5. The molecule has 6 heteroatoms. The van der Waals surface area contributed by atoms with Gasteiger partial charge in [-0.15, -0.1) is 0 Å². The molecule has 0 heterocycles. The van der Waals surface area contributed by atoms with E-state index in [9.17, 15) is 0 Å².